The highest BCUT2D eigenvalue weighted by atomic mass is 35.5. The van der Waals surface area contributed by atoms with E-state index in [0.29, 0.717) is 17.5 Å². The average Bonchev–Trinajstić information content (AvgIpc) is 2.54. The maximum absolute atomic E-state index is 10.0. The van der Waals surface area contributed by atoms with Crippen molar-refractivity contribution in [2.45, 2.75) is 39.3 Å². The lowest BCUT2D eigenvalue weighted by atomic mass is 10.1. The number of piperidine rings is 1. The van der Waals surface area contributed by atoms with Gasteiger partial charge >= 0.3 is 0 Å². The van der Waals surface area contributed by atoms with Crippen molar-refractivity contribution in [3.05, 3.63) is 34.9 Å². The van der Waals surface area contributed by atoms with Crippen molar-refractivity contribution < 1.29 is 5.11 Å². The van der Waals surface area contributed by atoms with Gasteiger partial charge in [0.15, 0.2) is 0 Å². The Kier molecular flexibility index (Phi) is 5.59. The quantitative estimate of drug-likeness (QED) is 0.867. The molecular formula is C19H26ClN3O. The summed E-state index contributed by atoms with van der Waals surface area (Å²) >= 11 is 6.13. The van der Waals surface area contributed by atoms with Crippen LogP contribution in [0.4, 0.5) is 5.82 Å². The monoisotopic (exact) mass is 347 g/mol. The Morgan fingerprint density at radius 1 is 1.38 bits per heavy atom. The number of nitrogens with zero attached hydrogens (tertiary/aromatic N) is 2. The molecule has 0 bridgehead atoms. The Labute approximate surface area is 148 Å². The van der Waals surface area contributed by atoms with E-state index < -0.39 is 0 Å². The Morgan fingerprint density at radius 3 is 2.96 bits per heavy atom. The molecule has 130 valence electrons. The number of halogens is 1. The molecule has 24 heavy (non-hydrogen) atoms. The van der Waals surface area contributed by atoms with Crippen molar-refractivity contribution in [1.82, 2.24) is 10.3 Å². The van der Waals surface area contributed by atoms with Crippen LogP contribution in [0.1, 0.15) is 32.3 Å². The molecule has 2 aromatic rings. The van der Waals surface area contributed by atoms with E-state index in [9.17, 15) is 5.11 Å². The first-order valence-electron chi connectivity index (χ1n) is 8.76. The zero-order valence-electron chi connectivity index (χ0n) is 14.4. The van der Waals surface area contributed by atoms with Crippen LogP contribution >= 0.6 is 11.6 Å². The number of aliphatic hydroxyl groups excluding tert-OH is 1. The summed E-state index contributed by atoms with van der Waals surface area (Å²) in [6, 6.07) is 8.03. The van der Waals surface area contributed by atoms with Gasteiger partial charge in [-0.25, -0.2) is 4.98 Å². The smallest absolute Gasteiger partial charge is 0.133 e. The fraction of sp³-hybridized carbons (Fsp3) is 0.526. The summed E-state index contributed by atoms with van der Waals surface area (Å²) in [4.78, 5) is 7.09. The molecule has 1 aromatic carbocycles. The molecule has 1 fully saturated rings. The van der Waals surface area contributed by atoms with E-state index in [0.717, 1.165) is 49.2 Å². The third-order valence-corrected chi connectivity index (χ3v) is 4.63. The molecule has 4 nitrogen and oxygen atoms in total. The Balaban J connectivity index is 1.95. The zero-order valence-corrected chi connectivity index (χ0v) is 15.2. The van der Waals surface area contributed by atoms with Crippen molar-refractivity contribution in [3.63, 3.8) is 0 Å². The second kappa shape index (κ2) is 7.68. The van der Waals surface area contributed by atoms with Gasteiger partial charge in [0.2, 0.25) is 0 Å². The zero-order chi connectivity index (χ0) is 17.1. The summed E-state index contributed by atoms with van der Waals surface area (Å²) in [5.41, 5.74) is 2.09. The summed E-state index contributed by atoms with van der Waals surface area (Å²) < 4.78 is 0. The second-order valence-electron chi connectivity index (χ2n) is 7.07. The van der Waals surface area contributed by atoms with Crippen molar-refractivity contribution in [1.29, 1.82) is 0 Å². The van der Waals surface area contributed by atoms with E-state index >= 15 is 0 Å². The standard InChI is InChI=1S/C19H26ClN3O/c1-13(2)10-21-11-15-8-14-5-6-16(20)9-18(14)22-19(15)23-7-3-4-17(24)12-23/h5-6,8-9,13,17,21,24H,3-4,7,10-12H2,1-2H3. The minimum Gasteiger partial charge on any atom is -0.391 e. The Morgan fingerprint density at radius 2 is 2.21 bits per heavy atom. The average molecular weight is 348 g/mol. The summed E-state index contributed by atoms with van der Waals surface area (Å²) in [5, 5.41) is 15.3. The van der Waals surface area contributed by atoms with Crippen LogP contribution in [0.5, 0.6) is 0 Å². The van der Waals surface area contributed by atoms with Crippen LogP contribution in [-0.2, 0) is 6.54 Å². The lowest BCUT2D eigenvalue weighted by molar-refractivity contribution is 0.154. The van der Waals surface area contributed by atoms with Gasteiger partial charge in [0.05, 0.1) is 11.6 Å². The molecule has 0 spiro atoms. The highest BCUT2D eigenvalue weighted by Gasteiger charge is 2.21. The van der Waals surface area contributed by atoms with E-state index in [2.05, 4.69) is 30.1 Å². The second-order valence-corrected chi connectivity index (χ2v) is 7.51. The van der Waals surface area contributed by atoms with Crippen LogP contribution in [-0.4, -0.2) is 35.8 Å². The number of rotatable bonds is 5. The van der Waals surface area contributed by atoms with Crippen molar-refractivity contribution in [2.24, 2.45) is 5.92 Å². The van der Waals surface area contributed by atoms with Gasteiger partial charge in [-0.2, -0.15) is 0 Å². The molecule has 1 atom stereocenters. The molecule has 0 radical (unpaired) electrons. The number of aromatic nitrogens is 1. The Bertz CT molecular complexity index is 704. The minimum absolute atomic E-state index is 0.271. The van der Waals surface area contributed by atoms with E-state index in [1.54, 1.807) is 0 Å². The van der Waals surface area contributed by atoms with Gasteiger partial charge in [0.25, 0.3) is 0 Å². The van der Waals surface area contributed by atoms with Crippen LogP contribution in [0, 0.1) is 5.92 Å². The van der Waals surface area contributed by atoms with Gasteiger partial charge in [-0.15, -0.1) is 0 Å². The van der Waals surface area contributed by atoms with Crippen LogP contribution in [0.25, 0.3) is 10.9 Å². The first-order chi connectivity index (χ1) is 11.5. The maximum Gasteiger partial charge on any atom is 0.133 e. The first-order valence-corrected chi connectivity index (χ1v) is 9.13. The topological polar surface area (TPSA) is 48.4 Å². The number of aliphatic hydroxyl groups is 1. The predicted molar refractivity (Wildman–Crippen MR) is 101 cm³/mol. The first kappa shape index (κ1) is 17.5. The van der Waals surface area contributed by atoms with E-state index in [1.807, 2.05) is 18.2 Å². The number of pyridine rings is 1. The SMILES string of the molecule is CC(C)CNCc1cc2ccc(Cl)cc2nc1N1CCCC(O)C1. The third kappa shape index (κ3) is 4.18. The fourth-order valence-electron chi connectivity index (χ4n) is 3.22. The maximum atomic E-state index is 10.0. The van der Waals surface area contributed by atoms with Crippen LogP contribution in [0.2, 0.25) is 5.02 Å². The van der Waals surface area contributed by atoms with Crippen molar-refractivity contribution >= 4 is 28.3 Å². The summed E-state index contributed by atoms with van der Waals surface area (Å²) in [7, 11) is 0. The molecule has 1 aliphatic rings. The molecule has 0 amide bonds. The summed E-state index contributed by atoms with van der Waals surface area (Å²) in [6.07, 6.45) is 1.60. The highest BCUT2D eigenvalue weighted by Crippen LogP contribution is 2.28. The normalized spacial score (nSPS) is 18.5. The van der Waals surface area contributed by atoms with Crippen molar-refractivity contribution in [3.8, 4) is 0 Å². The Hall–Kier alpha value is -1.36. The van der Waals surface area contributed by atoms with Gasteiger partial charge < -0.3 is 15.3 Å². The lowest BCUT2D eigenvalue weighted by Gasteiger charge is -2.32. The number of nitrogens with one attached hydrogen (secondary N) is 1. The van der Waals surface area contributed by atoms with Gasteiger partial charge in [0.1, 0.15) is 5.82 Å². The number of anilines is 1. The number of β-amino-alcohol motifs (C(OH)–C–C–N with tert-alkyl or cyclic N) is 1. The molecule has 1 unspecified atom stereocenters. The van der Waals surface area contributed by atoms with E-state index in [-0.39, 0.29) is 6.10 Å². The van der Waals surface area contributed by atoms with Gasteiger partial charge in [0, 0.05) is 35.6 Å². The van der Waals surface area contributed by atoms with Crippen molar-refractivity contribution in [2.75, 3.05) is 24.5 Å². The fourth-order valence-corrected chi connectivity index (χ4v) is 3.39. The molecule has 1 aromatic heterocycles. The largest absolute Gasteiger partial charge is 0.391 e. The molecule has 2 heterocycles. The molecule has 1 saturated heterocycles. The molecular weight excluding hydrogens is 322 g/mol. The van der Waals surface area contributed by atoms with Gasteiger partial charge in [-0.05, 0) is 43.5 Å². The van der Waals surface area contributed by atoms with Crippen LogP contribution in [0.3, 0.4) is 0 Å². The molecule has 0 aliphatic carbocycles. The van der Waals surface area contributed by atoms with Crippen LogP contribution in [0.15, 0.2) is 24.3 Å². The van der Waals surface area contributed by atoms with Gasteiger partial charge in [-0.1, -0.05) is 31.5 Å². The summed E-state index contributed by atoms with van der Waals surface area (Å²) in [5.74, 6) is 1.58. The molecule has 3 rings (SSSR count). The molecule has 1 aliphatic heterocycles. The van der Waals surface area contributed by atoms with E-state index in [1.165, 1.54) is 5.56 Å². The minimum atomic E-state index is -0.271. The molecule has 2 N–H and O–H groups in total. The number of fused-ring (bicyclic) bond motifs is 1. The lowest BCUT2D eigenvalue weighted by Crippen LogP contribution is -2.39. The number of hydrogen-bond acceptors (Lipinski definition) is 4. The van der Waals surface area contributed by atoms with Gasteiger partial charge in [-0.3, -0.25) is 0 Å². The number of hydrogen-bond donors (Lipinski definition) is 2. The summed E-state index contributed by atoms with van der Waals surface area (Å²) in [6.45, 7) is 7.75. The highest BCUT2D eigenvalue weighted by molar-refractivity contribution is 6.31. The number of benzene rings is 1. The molecule has 5 heteroatoms. The predicted octanol–water partition coefficient (Wildman–Crippen LogP) is 3.59. The third-order valence-electron chi connectivity index (χ3n) is 4.40. The van der Waals surface area contributed by atoms with E-state index in [4.69, 9.17) is 16.6 Å². The van der Waals surface area contributed by atoms with Crippen LogP contribution < -0.4 is 10.2 Å². The molecule has 0 saturated carbocycles.